The number of amidine groups is 1. The van der Waals surface area contributed by atoms with Crippen molar-refractivity contribution in [3.8, 4) is 0 Å². The fraction of sp³-hybridized carbons (Fsp3) is 0.182. The lowest BCUT2D eigenvalue weighted by Gasteiger charge is -2.24. The fourth-order valence-corrected chi connectivity index (χ4v) is 1.78. The molecule has 0 aliphatic carbocycles. The van der Waals surface area contributed by atoms with E-state index in [0.717, 1.165) is 0 Å². The van der Waals surface area contributed by atoms with E-state index in [9.17, 15) is 4.39 Å². The van der Waals surface area contributed by atoms with Crippen LogP contribution in [0, 0.1) is 0 Å². The van der Waals surface area contributed by atoms with Crippen molar-refractivity contribution in [1.29, 1.82) is 0 Å². The summed E-state index contributed by atoms with van der Waals surface area (Å²) in [6, 6.07) is 0. The van der Waals surface area contributed by atoms with Crippen molar-refractivity contribution in [3.05, 3.63) is 46.7 Å². The molecule has 0 aromatic rings. The highest BCUT2D eigenvalue weighted by Gasteiger charge is 2.21. The first-order valence-electron chi connectivity index (χ1n) is 5.24. The molecule has 5 nitrogen and oxygen atoms in total. The van der Waals surface area contributed by atoms with Gasteiger partial charge in [-0.25, -0.2) is 9.38 Å². The molecule has 2 aliphatic rings. The number of hydrogen-bond donors (Lipinski definition) is 4. The van der Waals surface area contributed by atoms with Crippen LogP contribution in [-0.4, -0.2) is 18.5 Å². The molecule has 0 saturated carbocycles. The van der Waals surface area contributed by atoms with E-state index >= 15 is 0 Å². The van der Waals surface area contributed by atoms with Crippen molar-refractivity contribution in [2.75, 3.05) is 6.54 Å². The Morgan fingerprint density at radius 1 is 1.61 bits per heavy atom. The minimum Gasteiger partial charge on any atom is -0.381 e. The van der Waals surface area contributed by atoms with Gasteiger partial charge in [-0.05, 0) is 6.08 Å². The highest BCUT2D eigenvalue weighted by atomic mass is 35.5. The second-order valence-electron chi connectivity index (χ2n) is 3.86. The van der Waals surface area contributed by atoms with Crippen LogP contribution < -0.4 is 22.1 Å². The van der Waals surface area contributed by atoms with Crippen molar-refractivity contribution >= 4 is 17.4 Å². The van der Waals surface area contributed by atoms with Crippen LogP contribution in [0.25, 0.3) is 0 Å². The molecule has 0 aromatic heterocycles. The molecule has 0 bridgehead atoms. The van der Waals surface area contributed by atoms with E-state index in [0.29, 0.717) is 22.0 Å². The molecule has 7 heteroatoms. The Kier molecular flexibility index (Phi) is 3.40. The van der Waals surface area contributed by atoms with Crippen LogP contribution in [0.5, 0.6) is 0 Å². The van der Waals surface area contributed by atoms with E-state index < -0.39 is 12.0 Å². The number of halogens is 2. The summed E-state index contributed by atoms with van der Waals surface area (Å²) in [7, 11) is 0. The lowest BCUT2D eigenvalue weighted by molar-refractivity contribution is 0.580. The molecule has 0 fully saturated rings. The van der Waals surface area contributed by atoms with E-state index in [-0.39, 0.29) is 12.4 Å². The van der Waals surface area contributed by atoms with E-state index in [4.69, 9.17) is 23.1 Å². The van der Waals surface area contributed by atoms with Gasteiger partial charge in [-0.3, -0.25) is 0 Å². The molecule has 1 atom stereocenters. The van der Waals surface area contributed by atoms with Crippen LogP contribution in [0.15, 0.2) is 51.7 Å². The summed E-state index contributed by atoms with van der Waals surface area (Å²) in [6.07, 6.45) is 2.83. The minimum atomic E-state index is -0.496. The van der Waals surface area contributed by atoms with E-state index in [1.807, 2.05) is 0 Å². The van der Waals surface area contributed by atoms with Gasteiger partial charge in [0.1, 0.15) is 12.0 Å². The Morgan fingerprint density at radius 2 is 2.33 bits per heavy atom. The van der Waals surface area contributed by atoms with Crippen LogP contribution in [0.4, 0.5) is 4.39 Å². The fourth-order valence-electron chi connectivity index (χ4n) is 1.60. The van der Waals surface area contributed by atoms with Gasteiger partial charge in [0.25, 0.3) is 0 Å². The van der Waals surface area contributed by atoms with Gasteiger partial charge in [-0.2, -0.15) is 0 Å². The third-order valence-electron chi connectivity index (χ3n) is 2.58. The third-order valence-corrected chi connectivity index (χ3v) is 2.80. The predicted octanol–water partition coefficient (Wildman–Crippen LogP) is 0.536. The number of nitrogens with one attached hydrogen (secondary N) is 2. The highest BCUT2D eigenvalue weighted by molar-refractivity contribution is 6.31. The van der Waals surface area contributed by atoms with Crippen molar-refractivity contribution in [3.63, 3.8) is 0 Å². The molecule has 2 rings (SSSR count). The maximum Gasteiger partial charge on any atom is 0.161 e. The van der Waals surface area contributed by atoms with E-state index in [1.165, 1.54) is 0 Å². The molecule has 6 N–H and O–H groups in total. The van der Waals surface area contributed by atoms with Crippen molar-refractivity contribution < 1.29 is 4.39 Å². The summed E-state index contributed by atoms with van der Waals surface area (Å²) in [4.78, 5) is 3.90. The third kappa shape index (κ3) is 2.39. The molecule has 0 spiro atoms. The average molecular weight is 270 g/mol. The lowest BCUT2D eigenvalue weighted by Crippen LogP contribution is -2.41. The Hall–Kier alpha value is -1.79. The van der Waals surface area contributed by atoms with Crippen LogP contribution in [-0.2, 0) is 0 Å². The standard InChI is InChI=1S/C11H13ClFN5/c1-5(7-2-6(12)3-16-9(7)14)11-17-4-8(13)10(15)18-11/h2-3,9,16H,1,4,14-15H2,(H,17,18). The average Bonchev–Trinajstić information content (AvgIpc) is 2.35. The number of aliphatic imine (C=N–C) groups is 1. The maximum atomic E-state index is 13.1. The normalized spacial score (nSPS) is 23.5. The topological polar surface area (TPSA) is 88.5 Å². The summed E-state index contributed by atoms with van der Waals surface area (Å²) >= 11 is 5.88. The Morgan fingerprint density at radius 3 is 3.00 bits per heavy atom. The van der Waals surface area contributed by atoms with Crippen LogP contribution in [0.1, 0.15) is 0 Å². The van der Waals surface area contributed by atoms with Gasteiger partial charge in [0.2, 0.25) is 0 Å². The van der Waals surface area contributed by atoms with Crippen molar-refractivity contribution in [2.24, 2.45) is 16.5 Å². The summed E-state index contributed by atoms with van der Waals surface area (Å²) in [5.74, 6) is -0.252. The van der Waals surface area contributed by atoms with Gasteiger partial charge in [-0.1, -0.05) is 18.2 Å². The molecule has 2 aliphatic heterocycles. The quantitative estimate of drug-likeness (QED) is 0.589. The SMILES string of the molecule is C=C(C1=CC(Cl)=CNC1N)C1=NC(N)=C(F)CN1. The minimum absolute atomic E-state index is 0.0107. The molecule has 96 valence electrons. The van der Waals surface area contributed by atoms with E-state index in [1.54, 1.807) is 12.3 Å². The largest absolute Gasteiger partial charge is 0.381 e. The molecule has 0 amide bonds. The summed E-state index contributed by atoms with van der Waals surface area (Å²) in [6.45, 7) is 3.87. The van der Waals surface area contributed by atoms with Gasteiger partial charge in [0.15, 0.2) is 11.6 Å². The van der Waals surface area contributed by atoms with Crippen LogP contribution >= 0.6 is 11.6 Å². The first-order valence-corrected chi connectivity index (χ1v) is 5.62. The number of allylic oxidation sites excluding steroid dienone is 2. The zero-order valence-corrected chi connectivity index (χ0v) is 10.3. The molecule has 0 radical (unpaired) electrons. The summed E-state index contributed by atoms with van der Waals surface area (Å²) in [5.41, 5.74) is 12.5. The van der Waals surface area contributed by atoms with Crippen LogP contribution in [0.3, 0.4) is 0 Å². The number of dihydropyridines is 1. The molecule has 0 saturated heterocycles. The van der Waals surface area contributed by atoms with E-state index in [2.05, 4.69) is 22.2 Å². The zero-order valence-electron chi connectivity index (χ0n) is 9.50. The monoisotopic (exact) mass is 269 g/mol. The lowest BCUT2D eigenvalue weighted by atomic mass is 10.0. The summed E-state index contributed by atoms with van der Waals surface area (Å²) < 4.78 is 13.1. The zero-order chi connectivity index (χ0) is 13.3. The van der Waals surface area contributed by atoms with Gasteiger partial charge in [0, 0.05) is 17.3 Å². The molecule has 0 aromatic carbocycles. The second-order valence-corrected chi connectivity index (χ2v) is 4.29. The van der Waals surface area contributed by atoms with Gasteiger partial charge < -0.3 is 22.1 Å². The van der Waals surface area contributed by atoms with Crippen LogP contribution in [0.2, 0.25) is 0 Å². The number of hydrogen-bond acceptors (Lipinski definition) is 5. The number of nitrogens with zero attached hydrogens (tertiary/aromatic N) is 1. The molecule has 2 heterocycles. The molecule has 1 unspecified atom stereocenters. The molecular weight excluding hydrogens is 257 g/mol. The predicted molar refractivity (Wildman–Crippen MR) is 70.0 cm³/mol. The van der Waals surface area contributed by atoms with Gasteiger partial charge in [-0.15, -0.1) is 0 Å². The summed E-state index contributed by atoms with van der Waals surface area (Å²) in [5, 5.41) is 6.16. The first-order chi connectivity index (χ1) is 8.49. The van der Waals surface area contributed by atoms with Gasteiger partial charge in [0.05, 0.1) is 11.6 Å². The first kappa shape index (κ1) is 12.7. The molecule has 18 heavy (non-hydrogen) atoms. The van der Waals surface area contributed by atoms with Crippen molar-refractivity contribution in [1.82, 2.24) is 10.6 Å². The number of rotatable bonds is 2. The van der Waals surface area contributed by atoms with Gasteiger partial charge >= 0.3 is 0 Å². The maximum absolute atomic E-state index is 13.1. The Labute approximate surface area is 109 Å². The van der Waals surface area contributed by atoms with Crippen molar-refractivity contribution in [2.45, 2.75) is 6.17 Å². The highest BCUT2D eigenvalue weighted by Crippen LogP contribution is 2.21. The molecular formula is C11H13ClFN5. The Bertz CT molecular complexity index is 518. The smallest absolute Gasteiger partial charge is 0.161 e. The Balaban J connectivity index is 2.28. The number of nitrogens with two attached hydrogens (primary N) is 2. The second kappa shape index (κ2) is 4.83.